The van der Waals surface area contributed by atoms with Crippen molar-refractivity contribution < 1.29 is 9.13 Å². The molecule has 0 atom stereocenters. The first-order chi connectivity index (χ1) is 6.58. The Balaban J connectivity index is 2.60. The van der Waals surface area contributed by atoms with Gasteiger partial charge in [-0.15, -0.1) is 0 Å². The van der Waals surface area contributed by atoms with Crippen LogP contribution in [-0.2, 0) is 5.54 Å². The van der Waals surface area contributed by atoms with E-state index >= 15 is 0 Å². The van der Waals surface area contributed by atoms with Crippen molar-refractivity contribution in [2.75, 3.05) is 7.11 Å². The van der Waals surface area contributed by atoms with Crippen LogP contribution in [0.25, 0.3) is 0 Å². The summed E-state index contributed by atoms with van der Waals surface area (Å²) in [6.45, 7) is 0. The predicted octanol–water partition coefficient (Wildman–Crippen LogP) is 2.44. The molecule has 0 radical (unpaired) electrons. The van der Waals surface area contributed by atoms with Gasteiger partial charge in [-0.25, -0.2) is 4.39 Å². The van der Waals surface area contributed by atoms with E-state index in [1.807, 2.05) is 0 Å². The highest BCUT2D eigenvalue weighted by atomic mass is 35.5. The smallest absolute Gasteiger partial charge is 0.145 e. The number of nitrogens with two attached hydrogens (primary N) is 1. The molecule has 76 valence electrons. The molecule has 0 aliphatic heterocycles. The normalized spacial score (nSPS) is 18.0. The van der Waals surface area contributed by atoms with Crippen LogP contribution in [0.15, 0.2) is 12.1 Å². The molecule has 1 aliphatic carbocycles. The van der Waals surface area contributed by atoms with Crippen LogP contribution in [0.3, 0.4) is 0 Å². The van der Waals surface area contributed by atoms with Crippen molar-refractivity contribution in [3.8, 4) is 5.75 Å². The molecule has 0 bridgehead atoms. The second kappa shape index (κ2) is 3.11. The fraction of sp³-hybridized carbons (Fsp3) is 0.400. The van der Waals surface area contributed by atoms with Crippen molar-refractivity contribution >= 4 is 11.6 Å². The van der Waals surface area contributed by atoms with Gasteiger partial charge in [-0.05, 0) is 25.0 Å². The second-order valence-electron chi connectivity index (χ2n) is 3.59. The largest absolute Gasteiger partial charge is 0.495 e. The molecule has 0 saturated heterocycles. The molecule has 2 N–H and O–H groups in total. The summed E-state index contributed by atoms with van der Waals surface area (Å²) in [4.78, 5) is 0. The maximum atomic E-state index is 13.5. The third kappa shape index (κ3) is 1.37. The quantitative estimate of drug-likeness (QED) is 0.823. The van der Waals surface area contributed by atoms with Crippen LogP contribution in [0.5, 0.6) is 5.75 Å². The van der Waals surface area contributed by atoms with Gasteiger partial charge < -0.3 is 10.5 Å². The lowest BCUT2D eigenvalue weighted by molar-refractivity contribution is 0.397. The Labute approximate surface area is 86.8 Å². The predicted molar refractivity (Wildman–Crippen MR) is 53.1 cm³/mol. The molecule has 2 rings (SSSR count). The first-order valence-electron chi connectivity index (χ1n) is 4.40. The lowest BCUT2D eigenvalue weighted by atomic mass is 10.0. The Bertz CT molecular complexity index is 377. The first kappa shape index (κ1) is 9.74. The van der Waals surface area contributed by atoms with E-state index in [1.165, 1.54) is 19.2 Å². The summed E-state index contributed by atoms with van der Waals surface area (Å²) in [6, 6.07) is 2.80. The molecule has 1 aliphatic rings. The summed E-state index contributed by atoms with van der Waals surface area (Å²) >= 11 is 5.89. The van der Waals surface area contributed by atoms with E-state index in [9.17, 15) is 4.39 Å². The van der Waals surface area contributed by atoms with Gasteiger partial charge in [0.15, 0.2) is 0 Å². The molecule has 2 nitrogen and oxygen atoms in total. The van der Waals surface area contributed by atoms with Crippen LogP contribution in [0.1, 0.15) is 18.4 Å². The lowest BCUT2D eigenvalue weighted by Gasteiger charge is -2.16. The van der Waals surface area contributed by atoms with Crippen LogP contribution >= 0.6 is 11.6 Å². The van der Waals surface area contributed by atoms with E-state index in [1.54, 1.807) is 0 Å². The highest BCUT2D eigenvalue weighted by Gasteiger charge is 2.44. The molecule has 1 aromatic rings. The Morgan fingerprint density at radius 2 is 2.14 bits per heavy atom. The Hall–Kier alpha value is -0.800. The lowest BCUT2D eigenvalue weighted by Crippen LogP contribution is -2.21. The molecule has 0 heterocycles. The van der Waals surface area contributed by atoms with E-state index in [4.69, 9.17) is 22.1 Å². The zero-order valence-corrected chi connectivity index (χ0v) is 8.57. The zero-order valence-electron chi connectivity index (χ0n) is 7.81. The van der Waals surface area contributed by atoms with Gasteiger partial charge in [0.2, 0.25) is 0 Å². The van der Waals surface area contributed by atoms with Crippen LogP contribution in [0, 0.1) is 5.82 Å². The number of rotatable bonds is 2. The van der Waals surface area contributed by atoms with Crippen molar-refractivity contribution in [1.29, 1.82) is 0 Å². The van der Waals surface area contributed by atoms with Crippen LogP contribution in [-0.4, -0.2) is 7.11 Å². The van der Waals surface area contributed by atoms with Gasteiger partial charge in [0.1, 0.15) is 11.6 Å². The second-order valence-corrected chi connectivity index (χ2v) is 4.00. The monoisotopic (exact) mass is 215 g/mol. The van der Waals surface area contributed by atoms with Crippen molar-refractivity contribution in [2.24, 2.45) is 5.73 Å². The average Bonchev–Trinajstić information content (AvgIpc) is 2.88. The number of ether oxygens (including phenoxy) is 1. The summed E-state index contributed by atoms with van der Waals surface area (Å²) in [6.07, 6.45) is 1.56. The summed E-state index contributed by atoms with van der Waals surface area (Å²) in [5.74, 6) is 0.0258. The number of halogens is 2. The fourth-order valence-electron chi connectivity index (χ4n) is 1.58. The molecule has 0 unspecified atom stereocenters. The van der Waals surface area contributed by atoms with Gasteiger partial charge in [0.05, 0.1) is 17.7 Å². The molecule has 1 aromatic carbocycles. The van der Waals surface area contributed by atoms with E-state index in [0.29, 0.717) is 16.3 Å². The average molecular weight is 216 g/mol. The number of hydrogen-bond donors (Lipinski definition) is 1. The summed E-state index contributed by atoms with van der Waals surface area (Å²) in [7, 11) is 1.47. The van der Waals surface area contributed by atoms with Crippen LogP contribution in [0.2, 0.25) is 5.02 Å². The van der Waals surface area contributed by atoms with Gasteiger partial charge in [-0.2, -0.15) is 0 Å². The van der Waals surface area contributed by atoms with Crippen molar-refractivity contribution in [2.45, 2.75) is 18.4 Å². The standard InChI is InChI=1S/C10H11ClFNO/c1-14-9-6(11)2-3-7(12)8(9)10(13)4-5-10/h2-3H,4-5,13H2,1H3. The molecule has 0 amide bonds. The Morgan fingerprint density at radius 3 is 2.64 bits per heavy atom. The van der Waals surface area contributed by atoms with Gasteiger partial charge in [0.25, 0.3) is 0 Å². The Kier molecular flexibility index (Phi) is 2.16. The van der Waals surface area contributed by atoms with Crippen molar-refractivity contribution in [3.05, 3.63) is 28.5 Å². The topological polar surface area (TPSA) is 35.2 Å². The van der Waals surface area contributed by atoms with Gasteiger partial charge in [-0.1, -0.05) is 11.6 Å². The zero-order chi connectivity index (χ0) is 10.3. The van der Waals surface area contributed by atoms with Gasteiger partial charge >= 0.3 is 0 Å². The summed E-state index contributed by atoms with van der Waals surface area (Å²) in [5.41, 5.74) is 5.78. The Morgan fingerprint density at radius 1 is 1.50 bits per heavy atom. The molecular weight excluding hydrogens is 205 g/mol. The third-order valence-electron chi connectivity index (χ3n) is 2.55. The molecule has 0 aromatic heterocycles. The summed E-state index contributed by atoms with van der Waals surface area (Å²) < 4.78 is 18.6. The SMILES string of the molecule is COc1c(Cl)ccc(F)c1C1(N)CC1. The van der Waals surface area contributed by atoms with Crippen LogP contribution < -0.4 is 10.5 Å². The van der Waals surface area contributed by atoms with Crippen molar-refractivity contribution in [3.63, 3.8) is 0 Å². The van der Waals surface area contributed by atoms with E-state index in [-0.39, 0.29) is 5.82 Å². The maximum absolute atomic E-state index is 13.5. The molecule has 1 saturated carbocycles. The molecule has 1 fully saturated rings. The highest BCUT2D eigenvalue weighted by Crippen LogP contribution is 2.49. The minimum Gasteiger partial charge on any atom is -0.495 e. The van der Waals surface area contributed by atoms with Gasteiger partial charge in [0, 0.05) is 5.54 Å². The first-order valence-corrected chi connectivity index (χ1v) is 4.77. The molecule has 4 heteroatoms. The summed E-state index contributed by atoms with van der Waals surface area (Å²) in [5, 5.41) is 0.403. The number of hydrogen-bond acceptors (Lipinski definition) is 2. The minimum atomic E-state index is -0.569. The maximum Gasteiger partial charge on any atom is 0.145 e. The molecular formula is C10H11ClFNO. The van der Waals surface area contributed by atoms with Gasteiger partial charge in [-0.3, -0.25) is 0 Å². The highest BCUT2D eigenvalue weighted by molar-refractivity contribution is 6.32. The van der Waals surface area contributed by atoms with Crippen molar-refractivity contribution in [1.82, 2.24) is 0 Å². The minimum absolute atomic E-state index is 0.341. The van der Waals surface area contributed by atoms with E-state index < -0.39 is 5.54 Å². The molecule has 0 spiro atoms. The number of benzene rings is 1. The van der Waals surface area contributed by atoms with Crippen LogP contribution in [0.4, 0.5) is 4.39 Å². The number of methoxy groups -OCH3 is 1. The van der Waals surface area contributed by atoms with E-state index in [0.717, 1.165) is 12.8 Å². The fourth-order valence-corrected chi connectivity index (χ4v) is 1.82. The van der Waals surface area contributed by atoms with E-state index in [2.05, 4.69) is 0 Å². The molecule has 14 heavy (non-hydrogen) atoms. The third-order valence-corrected chi connectivity index (χ3v) is 2.85.